The molecular weight excluding hydrogens is 372 g/mol. The summed E-state index contributed by atoms with van der Waals surface area (Å²) in [6.45, 7) is 5.84. The van der Waals surface area contributed by atoms with Gasteiger partial charge in [-0.05, 0) is 44.0 Å². The molecule has 1 heterocycles. The van der Waals surface area contributed by atoms with Gasteiger partial charge in [0.15, 0.2) is 11.0 Å². The average Bonchev–Trinajstić information content (AvgIpc) is 3.04. The molecule has 0 aliphatic rings. The van der Waals surface area contributed by atoms with Crippen LogP contribution >= 0.6 is 11.8 Å². The van der Waals surface area contributed by atoms with E-state index in [1.165, 1.54) is 11.8 Å². The van der Waals surface area contributed by atoms with Crippen molar-refractivity contribution in [1.29, 1.82) is 0 Å². The molecule has 1 aromatic heterocycles. The van der Waals surface area contributed by atoms with Gasteiger partial charge in [0.25, 0.3) is 0 Å². The lowest BCUT2D eigenvalue weighted by Crippen LogP contribution is -2.23. The monoisotopic (exact) mass is 396 g/mol. The number of aryl methyl sites for hydroxylation is 2. The SMILES string of the molecule is COc1ccccc1-c1nnc(S[C@@H](C)C(=O)Nc2c(C)cccc2C)n1C. The van der Waals surface area contributed by atoms with Gasteiger partial charge in [-0.1, -0.05) is 42.1 Å². The molecular formula is C21H24N4O2S. The number of nitrogens with one attached hydrogen (secondary N) is 1. The number of anilines is 1. The summed E-state index contributed by atoms with van der Waals surface area (Å²) >= 11 is 1.37. The van der Waals surface area contributed by atoms with Crippen molar-refractivity contribution in [2.45, 2.75) is 31.2 Å². The Morgan fingerprint density at radius 2 is 1.79 bits per heavy atom. The Morgan fingerprint density at radius 1 is 1.11 bits per heavy atom. The summed E-state index contributed by atoms with van der Waals surface area (Å²) < 4.78 is 7.30. The summed E-state index contributed by atoms with van der Waals surface area (Å²) in [6.07, 6.45) is 0. The number of hydrogen-bond donors (Lipinski definition) is 1. The average molecular weight is 397 g/mol. The highest BCUT2D eigenvalue weighted by atomic mass is 32.2. The maximum absolute atomic E-state index is 12.7. The summed E-state index contributed by atoms with van der Waals surface area (Å²) in [7, 11) is 3.52. The van der Waals surface area contributed by atoms with E-state index in [1.807, 2.05) is 74.9 Å². The van der Waals surface area contributed by atoms with Gasteiger partial charge < -0.3 is 14.6 Å². The zero-order valence-electron chi connectivity index (χ0n) is 16.7. The number of thioether (sulfide) groups is 1. The summed E-state index contributed by atoms with van der Waals surface area (Å²) in [4.78, 5) is 12.7. The van der Waals surface area contributed by atoms with Crippen LogP contribution in [-0.4, -0.2) is 33.0 Å². The van der Waals surface area contributed by atoms with Crippen LogP contribution in [0.15, 0.2) is 47.6 Å². The largest absolute Gasteiger partial charge is 0.496 e. The first-order chi connectivity index (χ1) is 13.4. The lowest BCUT2D eigenvalue weighted by molar-refractivity contribution is -0.115. The molecule has 0 unspecified atom stereocenters. The van der Waals surface area contributed by atoms with Crippen molar-refractivity contribution >= 4 is 23.4 Å². The molecule has 1 atom stereocenters. The predicted octanol–water partition coefficient (Wildman–Crippen LogP) is 4.23. The van der Waals surface area contributed by atoms with E-state index in [4.69, 9.17) is 4.74 Å². The zero-order valence-corrected chi connectivity index (χ0v) is 17.5. The van der Waals surface area contributed by atoms with Crippen LogP contribution < -0.4 is 10.1 Å². The normalized spacial score (nSPS) is 11.9. The number of ether oxygens (including phenoxy) is 1. The van der Waals surface area contributed by atoms with E-state index in [9.17, 15) is 4.79 Å². The molecule has 0 aliphatic carbocycles. The maximum Gasteiger partial charge on any atom is 0.237 e. The minimum atomic E-state index is -0.326. The molecule has 28 heavy (non-hydrogen) atoms. The Bertz CT molecular complexity index is 980. The lowest BCUT2D eigenvalue weighted by atomic mass is 10.1. The molecule has 0 radical (unpaired) electrons. The van der Waals surface area contributed by atoms with Crippen LogP contribution in [-0.2, 0) is 11.8 Å². The van der Waals surface area contributed by atoms with E-state index in [-0.39, 0.29) is 11.2 Å². The Balaban J connectivity index is 1.77. The minimum absolute atomic E-state index is 0.0655. The minimum Gasteiger partial charge on any atom is -0.496 e. The molecule has 7 heteroatoms. The number of nitrogens with zero attached hydrogens (tertiary/aromatic N) is 3. The van der Waals surface area contributed by atoms with Gasteiger partial charge in [0.1, 0.15) is 5.75 Å². The van der Waals surface area contributed by atoms with Crippen LogP contribution in [0.5, 0.6) is 5.75 Å². The van der Waals surface area contributed by atoms with Gasteiger partial charge in [0.05, 0.1) is 17.9 Å². The van der Waals surface area contributed by atoms with Crippen molar-refractivity contribution in [2.75, 3.05) is 12.4 Å². The molecule has 3 aromatic rings. The molecule has 3 rings (SSSR count). The Labute approximate surface area is 169 Å². The molecule has 0 fully saturated rings. The van der Waals surface area contributed by atoms with Gasteiger partial charge in [-0.25, -0.2) is 0 Å². The third-order valence-electron chi connectivity index (χ3n) is 4.56. The number of rotatable bonds is 6. The number of aromatic nitrogens is 3. The van der Waals surface area contributed by atoms with E-state index in [0.717, 1.165) is 28.1 Å². The molecule has 0 spiro atoms. The summed E-state index contributed by atoms with van der Waals surface area (Å²) in [5.74, 6) is 1.36. The van der Waals surface area contributed by atoms with Crippen molar-refractivity contribution in [3.8, 4) is 17.1 Å². The van der Waals surface area contributed by atoms with Crippen LogP contribution in [0.25, 0.3) is 11.4 Å². The molecule has 0 saturated heterocycles. The highest BCUT2D eigenvalue weighted by molar-refractivity contribution is 8.00. The maximum atomic E-state index is 12.7. The molecule has 146 valence electrons. The second kappa shape index (κ2) is 8.48. The molecule has 0 bridgehead atoms. The van der Waals surface area contributed by atoms with E-state index in [1.54, 1.807) is 7.11 Å². The quantitative estimate of drug-likeness (QED) is 0.632. The number of carbonyl (C=O) groups is 1. The van der Waals surface area contributed by atoms with E-state index in [0.29, 0.717) is 11.0 Å². The lowest BCUT2D eigenvalue weighted by Gasteiger charge is -2.15. The fourth-order valence-electron chi connectivity index (χ4n) is 2.93. The Kier molecular flexibility index (Phi) is 6.04. The highest BCUT2D eigenvalue weighted by Crippen LogP contribution is 2.31. The van der Waals surface area contributed by atoms with E-state index >= 15 is 0 Å². The van der Waals surface area contributed by atoms with Crippen molar-refractivity contribution in [3.63, 3.8) is 0 Å². The molecule has 2 aromatic carbocycles. The number of amides is 1. The zero-order chi connectivity index (χ0) is 20.3. The molecule has 6 nitrogen and oxygen atoms in total. The predicted molar refractivity (Wildman–Crippen MR) is 113 cm³/mol. The second-order valence-electron chi connectivity index (χ2n) is 6.58. The van der Waals surface area contributed by atoms with Gasteiger partial charge in [0, 0.05) is 12.7 Å². The first-order valence-corrected chi connectivity index (χ1v) is 9.87. The molecule has 0 saturated carbocycles. The van der Waals surface area contributed by atoms with Gasteiger partial charge in [-0.15, -0.1) is 10.2 Å². The van der Waals surface area contributed by atoms with Crippen LogP contribution in [0.2, 0.25) is 0 Å². The second-order valence-corrected chi connectivity index (χ2v) is 7.89. The number of hydrogen-bond acceptors (Lipinski definition) is 5. The number of para-hydroxylation sites is 2. The topological polar surface area (TPSA) is 69.0 Å². The third-order valence-corrected chi connectivity index (χ3v) is 5.70. The molecule has 0 aliphatic heterocycles. The van der Waals surface area contributed by atoms with Gasteiger partial charge in [0.2, 0.25) is 5.91 Å². The first-order valence-electron chi connectivity index (χ1n) is 8.99. The number of methoxy groups -OCH3 is 1. The van der Waals surface area contributed by atoms with Crippen molar-refractivity contribution in [1.82, 2.24) is 14.8 Å². The van der Waals surface area contributed by atoms with Gasteiger partial charge in [-0.3, -0.25) is 4.79 Å². The summed E-state index contributed by atoms with van der Waals surface area (Å²) in [5.41, 5.74) is 3.82. The van der Waals surface area contributed by atoms with E-state index < -0.39 is 0 Å². The summed E-state index contributed by atoms with van der Waals surface area (Å²) in [6, 6.07) is 13.6. The number of benzene rings is 2. The molecule has 1 N–H and O–H groups in total. The van der Waals surface area contributed by atoms with Crippen molar-refractivity contribution in [2.24, 2.45) is 7.05 Å². The highest BCUT2D eigenvalue weighted by Gasteiger charge is 2.21. The first kappa shape index (κ1) is 19.9. The Hall–Kier alpha value is -2.80. The van der Waals surface area contributed by atoms with Crippen molar-refractivity contribution in [3.05, 3.63) is 53.6 Å². The van der Waals surface area contributed by atoms with Crippen LogP contribution in [0.4, 0.5) is 5.69 Å². The smallest absolute Gasteiger partial charge is 0.237 e. The van der Waals surface area contributed by atoms with Crippen LogP contribution in [0, 0.1) is 13.8 Å². The molecule has 1 amide bonds. The van der Waals surface area contributed by atoms with Crippen molar-refractivity contribution < 1.29 is 9.53 Å². The standard InChI is InChI=1S/C21H24N4O2S/c1-13-9-8-10-14(2)18(13)22-20(26)15(3)28-21-24-23-19(25(21)4)16-11-6-7-12-17(16)27-5/h6-12,15H,1-5H3,(H,22,26)/t15-/m0/s1. The fraction of sp³-hybridized carbons (Fsp3) is 0.286. The van der Waals surface area contributed by atoms with Gasteiger partial charge >= 0.3 is 0 Å². The van der Waals surface area contributed by atoms with E-state index in [2.05, 4.69) is 15.5 Å². The van der Waals surface area contributed by atoms with Gasteiger partial charge in [-0.2, -0.15) is 0 Å². The van der Waals surface area contributed by atoms with Crippen LogP contribution in [0.1, 0.15) is 18.1 Å². The Morgan fingerprint density at radius 3 is 2.46 bits per heavy atom. The third kappa shape index (κ3) is 4.04. The number of carbonyl (C=O) groups excluding carboxylic acids is 1. The van der Waals surface area contributed by atoms with Crippen LogP contribution in [0.3, 0.4) is 0 Å². The summed E-state index contributed by atoms with van der Waals surface area (Å²) in [5, 5.41) is 12.0. The fourth-order valence-corrected chi connectivity index (χ4v) is 3.74.